The van der Waals surface area contributed by atoms with Crippen LogP contribution in [0.1, 0.15) is 33.1 Å². The molecule has 0 saturated carbocycles. The minimum Gasteiger partial charge on any atom is -0.355 e. The number of rotatable bonds is 8. The standard InChI is InChI=1S/C14H29N3OS/c1-14(2,5-6-15)4-3-13(18)16-7-8-17-9-11-19-12-10-17/h3-12,15H2,1-2H3,(H,16,18). The second-order valence-electron chi connectivity index (χ2n) is 6.01. The predicted octanol–water partition coefficient (Wildman–Crippen LogP) is 1.31. The number of hydrogen-bond acceptors (Lipinski definition) is 4. The van der Waals surface area contributed by atoms with Gasteiger partial charge in [0.05, 0.1) is 0 Å². The van der Waals surface area contributed by atoms with E-state index in [0.717, 1.165) is 39.0 Å². The zero-order valence-electron chi connectivity index (χ0n) is 12.4. The first kappa shape index (κ1) is 16.8. The number of thioether (sulfide) groups is 1. The highest BCUT2D eigenvalue weighted by molar-refractivity contribution is 7.99. The smallest absolute Gasteiger partial charge is 0.220 e. The van der Waals surface area contributed by atoms with Gasteiger partial charge in [0.1, 0.15) is 0 Å². The van der Waals surface area contributed by atoms with Crippen LogP contribution < -0.4 is 11.1 Å². The molecule has 1 rings (SSSR count). The molecule has 0 atom stereocenters. The van der Waals surface area contributed by atoms with Gasteiger partial charge in [-0.1, -0.05) is 13.8 Å². The lowest BCUT2D eigenvalue weighted by Gasteiger charge is -2.26. The van der Waals surface area contributed by atoms with Crippen molar-refractivity contribution < 1.29 is 4.79 Å². The van der Waals surface area contributed by atoms with Crippen molar-refractivity contribution in [2.45, 2.75) is 33.1 Å². The first-order valence-corrected chi connectivity index (χ1v) is 8.46. The van der Waals surface area contributed by atoms with Crippen molar-refractivity contribution in [2.75, 3.05) is 44.2 Å². The Labute approximate surface area is 121 Å². The van der Waals surface area contributed by atoms with Crippen LogP contribution in [0.2, 0.25) is 0 Å². The third-order valence-corrected chi connectivity index (χ3v) is 4.65. The lowest BCUT2D eigenvalue weighted by molar-refractivity contribution is -0.121. The molecule has 0 spiro atoms. The van der Waals surface area contributed by atoms with Gasteiger partial charge in [-0.3, -0.25) is 9.69 Å². The van der Waals surface area contributed by atoms with Crippen molar-refractivity contribution in [2.24, 2.45) is 11.1 Å². The maximum atomic E-state index is 11.8. The predicted molar refractivity (Wildman–Crippen MR) is 83.5 cm³/mol. The second kappa shape index (κ2) is 8.82. The van der Waals surface area contributed by atoms with Gasteiger partial charge in [-0.05, 0) is 24.8 Å². The van der Waals surface area contributed by atoms with E-state index < -0.39 is 0 Å². The van der Waals surface area contributed by atoms with Gasteiger partial charge < -0.3 is 11.1 Å². The van der Waals surface area contributed by atoms with Gasteiger partial charge in [0.15, 0.2) is 0 Å². The Hall–Kier alpha value is -0.260. The molecule has 19 heavy (non-hydrogen) atoms. The lowest BCUT2D eigenvalue weighted by atomic mass is 9.84. The van der Waals surface area contributed by atoms with E-state index in [1.165, 1.54) is 11.5 Å². The fourth-order valence-electron chi connectivity index (χ4n) is 2.23. The van der Waals surface area contributed by atoms with Gasteiger partial charge in [-0.25, -0.2) is 0 Å². The molecule has 1 fully saturated rings. The molecule has 5 heteroatoms. The summed E-state index contributed by atoms with van der Waals surface area (Å²) in [5.74, 6) is 2.62. The van der Waals surface area contributed by atoms with E-state index in [4.69, 9.17) is 5.73 Å². The van der Waals surface area contributed by atoms with E-state index in [1.54, 1.807) is 0 Å². The number of nitrogens with zero attached hydrogens (tertiary/aromatic N) is 1. The van der Waals surface area contributed by atoms with E-state index >= 15 is 0 Å². The Bertz CT molecular complexity index is 265. The summed E-state index contributed by atoms with van der Waals surface area (Å²) in [5, 5.41) is 3.03. The van der Waals surface area contributed by atoms with Crippen molar-refractivity contribution in [3.63, 3.8) is 0 Å². The van der Waals surface area contributed by atoms with Crippen molar-refractivity contribution in [1.29, 1.82) is 0 Å². The molecular formula is C14H29N3OS. The lowest BCUT2D eigenvalue weighted by Crippen LogP contribution is -2.39. The second-order valence-corrected chi connectivity index (χ2v) is 7.23. The summed E-state index contributed by atoms with van der Waals surface area (Å²) in [4.78, 5) is 14.2. The fraction of sp³-hybridized carbons (Fsp3) is 0.929. The molecule has 0 bridgehead atoms. The molecule has 1 saturated heterocycles. The molecule has 1 aliphatic rings. The van der Waals surface area contributed by atoms with Crippen molar-refractivity contribution in [1.82, 2.24) is 10.2 Å². The van der Waals surface area contributed by atoms with Gasteiger partial charge in [0.2, 0.25) is 5.91 Å². The maximum Gasteiger partial charge on any atom is 0.220 e. The van der Waals surface area contributed by atoms with Crippen LogP contribution in [-0.4, -0.2) is 55.0 Å². The van der Waals surface area contributed by atoms with Gasteiger partial charge in [-0.15, -0.1) is 0 Å². The summed E-state index contributed by atoms with van der Waals surface area (Å²) >= 11 is 2.01. The molecule has 0 aliphatic carbocycles. The Morgan fingerprint density at radius 1 is 1.32 bits per heavy atom. The Morgan fingerprint density at radius 3 is 2.63 bits per heavy atom. The van der Waals surface area contributed by atoms with Crippen LogP contribution in [0.4, 0.5) is 0 Å². The summed E-state index contributed by atoms with van der Waals surface area (Å²) in [7, 11) is 0. The number of nitrogens with two attached hydrogens (primary N) is 1. The molecule has 3 N–H and O–H groups in total. The van der Waals surface area contributed by atoms with Crippen LogP contribution in [0.3, 0.4) is 0 Å². The van der Waals surface area contributed by atoms with E-state index in [2.05, 4.69) is 24.1 Å². The van der Waals surface area contributed by atoms with Crippen molar-refractivity contribution in [3.05, 3.63) is 0 Å². The van der Waals surface area contributed by atoms with Crippen LogP contribution in [0.15, 0.2) is 0 Å². The fourth-order valence-corrected chi connectivity index (χ4v) is 3.21. The minimum atomic E-state index is 0.177. The van der Waals surface area contributed by atoms with Crippen LogP contribution in [0.25, 0.3) is 0 Å². The highest BCUT2D eigenvalue weighted by atomic mass is 32.2. The molecule has 0 radical (unpaired) electrons. The monoisotopic (exact) mass is 287 g/mol. The number of carbonyl (C=O) groups is 1. The summed E-state index contributed by atoms with van der Waals surface area (Å²) in [6, 6.07) is 0. The first-order valence-electron chi connectivity index (χ1n) is 7.30. The Balaban J connectivity index is 2.07. The van der Waals surface area contributed by atoms with Gasteiger partial charge in [0, 0.05) is 44.1 Å². The third kappa shape index (κ3) is 7.80. The molecule has 1 aliphatic heterocycles. The number of nitrogens with one attached hydrogen (secondary N) is 1. The molecule has 1 amide bonds. The number of carbonyl (C=O) groups excluding carboxylic acids is 1. The Morgan fingerprint density at radius 2 is 2.00 bits per heavy atom. The summed E-state index contributed by atoms with van der Waals surface area (Å²) in [5.41, 5.74) is 5.75. The van der Waals surface area contributed by atoms with Crippen LogP contribution in [0.5, 0.6) is 0 Å². The number of amides is 1. The van der Waals surface area contributed by atoms with E-state index in [-0.39, 0.29) is 11.3 Å². The Kier molecular flexibility index (Phi) is 7.80. The number of hydrogen-bond donors (Lipinski definition) is 2. The van der Waals surface area contributed by atoms with Crippen molar-refractivity contribution in [3.8, 4) is 0 Å². The first-order chi connectivity index (χ1) is 9.03. The summed E-state index contributed by atoms with van der Waals surface area (Å²) in [6.07, 6.45) is 2.50. The average molecular weight is 287 g/mol. The minimum absolute atomic E-state index is 0.177. The normalized spacial score (nSPS) is 17.4. The van der Waals surface area contributed by atoms with E-state index in [0.29, 0.717) is 13.0 Å². The van der Waals surface area contributed by atoms with Crippen LogP contribution in [-0.2, 0) is 4.79 Å². The molecule has 0 aromatic carbocycles. The van der Waals surface area contributed by atoms with Crippen LogP contribution in [0, 0.1) is 5.41 Å². The molecule has 0 aromatic rings. The van der Waals surface area contributed by atoms with Gasteiger partial charge >= 0.3 is 0 Å². The quantitative estimate of drug-likeness (QED) is 0.707. The molecule has 0 aromatic heterocycles. The zero-order valence-corrected chi connectivity index (χ0v) is 13.2. The van der Waals surface area contributed by atoms with E-state index in [1.807, 2.05) is 11.8 Å². The molecule has 112 valence electrons. The summed E-state index contributed by atoms with van der Waals surface area (Å²) < 4.78 is 0. The van der Waals surface area contributed by atoms with E-state index in [9.17, 15) is 4.79 Å². The maximum absolute atomic E-state index is 11.8. The van der Waals surface area contributed by atoms with Gasteiger partial charge in [0.25, 0.3) is 0 Å². The van der Waals surface area contributed by atoms with Gasteiger partial charge in [-0.2, -0.15) is 11.8 Å². The highest BCUT2D eigenvalue weighted by Crippen LogP contribution is 2.25. The third-order valence-electron chi connectivity index (χ3n) is 3.70. The summed E-state index contributed by atoms with van der Waals surface area (Å²) in [6.45, 7) is 9.13. The average Bonchev–Trinajstić information content (AvgIpc) is 2.38. The molecule has 1 heterocycles. The highest BCUT2D eigenvalue weighted by Gasteiger charge is 2.18. The SMILES string of the molecule is CC(C)(CCN)CCC(=O)NCCN1CCSCC1. The van der Waals surface area contributed by atoms with Crippen LogP contribution >= 0.6 is 11.8 Å². The molecule has 4 nitrogen and oxygen atoms in total. The largest absolute Gasteiger partial charge is 0.355 e. The zero-order chi connectivity index (χ0) is 14.1. The molecular weight excluding hydrogens is 258 g/mol. The van der Waals surface area contributed by atoms with Crippen molar-refractivity contribution >= 4 is 17.7 Å². The molecule has 0 unspecified atom stereocenters. The topological polar surface area (TPSA) is 58.4 Å².